The van der Waals surface area contributed by atoms with Gasteiger partial charge in [0.25, 0.3) is 0 Å². The largest absolute Gasteiger partial charge is 0.483 e. The smallest absolute Gasteiger partial charge is 0.422 e. The molecule has 0 radical (unpaired) electrons. The van der Waals surface area contributed by atoms with E-state index in [9.17, 15) is 46.0 Å². The molecular weight excluding hydrogens is 538 g/mol. The summed E-state index contributed by atoms with van der Waals surface area (Å²) in [5.74, 6) is -3.49. The SMILES string of the molecule is CCOC(=O)c1c(OCC(F)(F)F)ccc(N)c1N.Nc1c(C(=O)O)ccc(OCC(F)(F)F)c1[N+](=O)[O-]. The molecule has 2 rings (SSSR count). The van der Waals surface area contributed by atoms with Gasteiger partial charge in [-0.1, -0.05) is 0 Å². The molecule has 210 valence electrons. The number of carbonyl (C=O) groups is 2. The van der Waals surface area contributed by atoms with Gasteiger partial charge in [0, 0.05) is 0 Å². The summed E-state index contributed by atoms with van der Waals surface area (Å²) in [6.45, 7) is -1.69. The van der Waals surface area contributed by atoms with Crippen LogP contribution in [0.1, 0.15) is 27.6 Å². The fraction of sp³-hybridized carbons (Fsp3) is 0.300. The van der Waals surface area contributed by atoms with Crippen LogP contribution in [0.3, 0.4) is 0 Å². The number of carboxylic acids is 1. The summed E-state index contributed by atoms with van der Waals surface area (Å²) in [5, 5.41) is 19.4. The quantitative estimate of drug-likeness (QED) is 0.121. The predicted octanol–water partition coefficient (Wildman–Crippen LogP) is 3.79. The predicted molar refractivity (Wildman–Crippen MR) is 119 cm³/mol. The van der Waals surface area contributed by atoms with Gasteiger partial charge in [-0.2, -0.15) is 26.3 Å². The van der Waals surface area contributed by atoms with Gasteiger partial charge in [-0.3, -0.25) is 10.1 Å². The van der Waals surface area contributed by atoms with Gasteiger partial charge < -0.3 is 36.5 Å². The minimum Gasteiger partial charge on any atom is -0.483 e. The Morgan fingerprint density at radius 3 is 1.87 bits per heavy atom. The van der Waals surface area contributed by atoms with E-state index in [0.717, 1.165) is 18.2 Å². The number of nitrogens with two attached hydrogens (primary N) is 3. The number of anilines is 3. The molecule has 0 saturated carbocycles. The van der Waals surface area contributed by atoms with Gasteiger partial charge in [0.05, 0.1) is 28.5 Å². The number of carbonyl (C=O) groups excluding carboxylic acids is 1. The van der Waals surface area contributed by atoms with Gasteiger partial charge in [0.1, 0.15) is 17.0 Å². The molecule has 0 aliphatic heterocycles. The molecule has 2 aromatic carbocycles. The van der Waals surface area contributed by atoms with Crippen LogP contribution in [-0.4, -0.2) is 54.1 Å². The maximum absolute atomic E-state index is 12.1. The van der Waals surface area contributed by atoms with Crippen LogP contribution in [0.4, 0.5) is 49.1 Å². The number of halogens is 6. The zero-order valence-electron chi connectivity index (χ0n) is 19.2. The van der Waals surface area contributed by atoms with Gasteiger partial charge in [0.2, 0.25) is 0 Å². The molecule has 2 aromatic rings. The molecule has 7 N–H and O–H groups in total. The number of alkyl halides is 6. The summed E-state index contributed by atoms with van der Waals surface area (Å²) in [5.41, 5.74) is 13.5. The maximum Gasteiger partial charge on any atom is 0.422 e. The number of nitrogen functional groups attached to an aromatic ring is 3. The topological polar surface area (TPSA) is 203 Å². The van der Waals surface area contributed by atoms with Crippen molar-refractivity contribution in [2.45, 2.75) is 19.3 Å². The van der Waals surface area contributed by atoms with Crippen molar-refractivity contribution in [2.24, 2.45) is 0 Å². The van der Waals surface area contributed by atoms with Crippen LogP contribution in [0.25, 0.3) is 0 Å². The number of rotatable bonds is 8. The highest BCUT2D eigenvalue weighted by molar-refractivity contribution is 6.01. The van der Waals surface area contributed by atoms with Crippen molar-refractivity contribution in [3.63, 3.8) is 0 Å². The number of carboxylic acid groups (broad SMARTS) is 1. The fourth-order valence-electron chi connectivity index (χ4n) is 2.55. The van der Waals surface area contributed by atoms with E-state index in [0.29, 0.717) is 0 Å². The molecule has 12 nitrogen and oxygen atoms in total. The third kappa shape index (κ3) is 9.10. The molecular formula is C20H20F6N4O8. The second-order valence-electron chi connectivity index (χ2n) is 6.91. The van der Waals surface area contributed by atoms with E-state index >= 15 is 0 Å². The van der Waals surface area contributed by atoms with Gasteiger partial charge in [-0.15, -0.1) is 0 Å². The number of nitrogens with zero attached hydrogens (tertiary/aromatic N) is 1. The van der Waals surface area contributed by atoms with Gasteiger partial charge in [-0.25, -0.2) is 9.59 Å². The Labute approximate surface area is 209 Å². The summed E-state index contributed by atoms with van der Waals surface area (Å²) in [7, 11) is 0. The van der Waals surface area contributed by atoms with E-state index in [1.807, 2.05) is 0 Å². The molecule has 0 atom stereocenters. The Morgan fingerprint density at radius 1 is 0.921 bits per heavy atom. The average molecular weight is 558 g/mol. The molecule has 0 unspecified atom stereocenters. The minimum atomic E-state index is -4.69. The molecule has 0 bridgehead atoms. The lowest BCUT2D eigenvalue weighted by Gasteiger charge is -2.15. The molecule has 18 heteroatoms. The van der Waals surface area contributed by atoms with E-state index in [-0.39, 0.29) is 29.3 Å². The van der Waals surface area contributed by atoms with Crippen molar-refractivity contribution >= 4 is 34.7 Å². The number of hydrogen-bond donors (Lipinski definition) is 4. The third-order valence-corrected chi connectivity index (χ3v) is 4.10. The summed E-state index contributed by atoms with van der Waals surface area (Å²) in [4.78, 5) is 32.0. The van der Waals surface area contributed by atoms with Crippen LogP contribution in [0, 0.1) is 10.1 Å². The van der Waals surface area contributed by atoms with Crippen molar-refractivity contribution in [1.29, 1.82) is 0 Å². The number of nitro groups is 1. The Hall–Kier alpha value is -4.64. The lowest BCUT2D eigenvalue weighted by Crippen LogP contribution is -2.21. The average Bonchev–Trinajstić information content (AvgIpc) is 2.77. The molecule has 0 spiro atoms. The zero-order valence-corrected chi connectivity index (χ0v) is 19.2. The Morgan fingerprint density at radius 2 is 1.42 bits per heavy atom. The standard InChI is InChI=1S/C11H13F3N2O3.C9H7F3N2O5/c1-2-18-10(17)8-7(19-5-11(12,13)14)4-3-6(15)9(8)16;10-9(11,12)3-19-5-2-1-4(8(15)16)6(13)7(5)14(17)18/h3-4H,2,5,15-16H2,1H3;1-2H,3,13H2,(H,15,16). The summed E-state index contributed by atoms with van der Waals surface area (Å²) < 4.78 is 85.7. The van der Waals surface area contributed by atoms with E-state index < -0.39 is 65.1 Å². The molecule has 38 heavy (non-hydrogen) atoms. The lowest BCUT2D eigenvalue weighted by molar-refractivity contribution is -0.385. The number of ether oxygens (including phenoxy) is 3. The number of hydrogen-bond acceptors (Lipinski definition) is 10. The van der Waals surface area contributed by atoms with E-state index in [1.54, 1.807) is 6.92 Å². The Kier molecular flexibility index (Phi) is 10.4. The van der Waals surface area contributed by atoms with Gasteiger partial charge in [-0.05, 0) is 31.2 Å². The second-order valence-corrected chi connectivity index (χ2v) is 6.91. The van der Waals surface area contributed by atoms with Crippen molar-refractivity contribution in [1.82, 2.24) is 0 Å². The van der Waals surface area contributed by atoms with E-state index in [4.69, 9.17) is 27.0 Å². The number of nitro benzene ring substituents is 1. The normalized spacial score (nSPS) is 11.1. The summed E-state index contributed by atoms with van der Waals surface area (Å²) in [6.07, 6.45) is -9.21. The van der Waals surface area contributed by atoms with Crippen LogP contribution in [0.2, 0.25) is 0 Å². The monoisotopic (exact) mass is 558 g/mol. The third-order valence-electron chi connectivity index (χ3n) is 4.10. The van der Waals surface area contributed by atoms with Gasteiger partial charge in [0.15, 0.2) is 19.0 Å². The number of esters is 1. The van der Waals surface area contributed by atoms with Gasteiger partial charge >= 0.3 is 30.0 Å². The Balaban J connectivity index is 0.000000380. The van der Waals surface area contributed by atoms with Crippen LogP contribution in [-0.2, 0) is 4.74 Å². The van der Waals surface area contributed by atoms with Crippen molar-refractivity contribution in [3.8, 4) is 11.5 Å². The lowest BCUT2D eigenvalue weighted by atomic mass is 10.1. The Bertz CT molecular complexity index is 1190. The van der Waals surface area contributed by atoms with Crippen LogP contribution < -0.4 is 26.7 Å². The number of aromatic carboxylic acids is 1. The molecule has 0 amide bonds. The van der Waals surface area contributed by atoms with Crippen LogP contribution >= 0.6 is 0 Å². The first-order valence-corrected chi connectivity index (χ1v) is 9.93. The zero-order chi connectivity index (χ0) is 29.4. The summed E-state index contributed by atoms with van der Waals surface area (Å²) >= 11 is 0. The van der Waals surface area contributed by atoms with E-state index in [1.165, 1.54) is 6.07 Å². The fourth-order valence-corrected chi connectivity index (χ4v) is 2.55. The highest BCUT2D eigenvalue weighted by atomic mass is 19.4. The first-order chi connectivity index (χ1) is 17.4. The second kappa shape index (κ2) is 12.5. The van der Waals surface area contributed by atoms with Crippen molar-refractivity contribution < 1.29 is 60.2 Å². The molecule has 0 aromatic heterocycles. The maximum atomic E-state index is 12.1. The highest BCUT2D eigenvalue weighted by Crippen LogP contribution is 2.36. The molecule has 0 aliphatic rings. The number of benzene rings is 2. The molecule has 0 saturated heterocycles. The first kappa shape index (κ1) is 31.4. The molecule has 0 aliphatic carbocycles. The van der Waals surface area contributed by atoms with Crippen molar-refractivity contribution in [2.75, 3.05) is 37.0 Å². The highest BCUT2D eigenvalue weighted by Gasteiger charge is 2.32. The van der Waals surface area contributed by atoms with Crippen molar-refractivity contribution in [3.05, 3.63) is 45.5 Å². The van der Waals surface area contributed by atoms with Crippen LogP contribution in [0.5, 0.6) is 11.5 Å². The van der Waals surface area contributed by atoms with E-state index in [2.05, 4.69) is 9.47 Å². The van der Waals surface area contributed by atoms with Crippen LogP contribution in [0.15, 0.2) is 24.3 Å². The first-order valence-electron chi connectivity index (χ1n) is 9.93. The summed E-state index contributed by atoms with van der Waals surface area (Å²) in [6, 6.07) is 3.98. The molecule has 0 heterocycles. The minimum absolute atomic E-state index is 0.0474. The molecule has 0 fully saturated rings.